The zero-order valence-electron chi connectivity index (χ0n) is 17.3. The van der Waals surface area contributed by atoms with Crippen LogP contribution in [-0.2, 0) is 20.9 Å². The van der Waals surface area contributed by atoms with E-state index in [1.165, 1.54) is 23.5 Å². The molecule has 29 heavy (non-hydrogen) atoms. The highest BCUT2D eigenvalue weighted by atomic mass is 16.5. The van der Waals surface area contributed by atoms with Gasteiger partial charge in [-0.25, -0.2) is 4.79 Å². The molecule has 0 fully saturated rings. The minimum atomic E-state index is -0.990. The summed E-state index contributed by atoms with van der Waals surface area (Å²) < 4.78 is 5.24. The first-order valence-corrected chi connectivity index (χ1v) is 9.53. The molecule has 5 nitrogen and oxygen atoms in total. The Labute approximate surface area is 172 Å². The van der Waals surface area contributed by atoms with E-state index in [-0.39, 0.29) is 11.5 Å². The second-order valence-electron chi connectivity index (χ2n) is 7.22. The number of carbonyl (C=O) groups excluding carboxylic acids is 2. The fraction of sp³-hybridized carbons (Fsp3) is 0.292. The maximum atomic E-state index is 12.5. The lowest BCUT2D eigenvalue weighted by molar-refractivity contribution is -0.155. The Morgan fingerprint density at radius 1 is 1.07 bits per heavy atom. The van der Waals surface area contributed by atoms with Crippen LogP contribution in [0.1, 0.15) is 43.4 Å². The van der Waals surface area contributed by atoms with E-state index < -0.39 is 12.1 Å². The molecule has 0 aliphatic rings. The molecule has 0 heterocycles. The van der Waals surface area contributed by atoms with Gasteiger partial charge in [0.25, 0.3) is 5.91 Å². The van der Waals surface area contributed by atoms with Crippen LogP contribution in [0.3, 0.4) is 0 Å². The number of esters is 1. The summed E-state index contributed by atoms with van der Waals surface area (Å²) in [4.78, 5) is 26.4. The van der Waals surface area contributed by atoms with Crippen LogP contribution in [0, 0.1) is 11.3 Å². The Kier molecular flexibility index (Phi) is 7.73. The molecule has 0 bridgehead atoms. The topological polar surface area (TPSA) is 70.4 Å². The van der Waals surface area contributed by atoms with Gasteiger partial charge in [-0.15, -0.1) is 0 Å². The Morgan fingerprint density at radius 2 is 1.69 bits per heavy atom. The van der Waals surface area contributed by atoms with Crippen molar-refractivity contribution in [3.05, 3.63) is 76.9 Å². The summed E-state index contributed by atoms with van der Waals surface area (Å²) in [5.41, 5.74) is 2.73. The predicted molar refractivity (Wildman–Crippen MR) is 113 cm³/mol. The first kappa shape index (κ1) is 21.9. The molecule has 0 radical (unpaired) electrons. The summed E-state index contributed by atoms with van der Waals surface area (Å²) in [6, 6.07) is 19.0. The van der Waals surface area contributed by atoms with Crippen LogP contribution in [0.4, 0.5) is 0 Å². The van der Waals surface area contributed by atoms with E-state index in [2.05, 4.69) is 13.8 Å². The maximum absolute atomic E-state index is 12.5. The van der Waals surface area contributed by atoms with Crippen molar-refractivity contribution in [2.24, 2.45) is 0 Å². The molecule has 0 saturated heterocycles. The largest absolute Gasteiger partial charge is 0.448 e. The molecule has 2 aromatic carbocycles. The molecule has 0 aromatic heterocycles. The minimum Gasteiger partial charge on any atom is -0.448 e. The van der Waals surface area contributed by atoms with Gasteiger partial charge in [-0.1, -0.05) is 68.4 Å². The van der Waals surface area contributed by atoms with Crippen LogP contribution < -0.4 is 0 Å². The van der Waals surface area contributed by atoms with Gasteiger partial charge in [-0.05, 0) is 35.6 Å². The lowest BCUT2D eigenvalue weighted by Crippen LogP contribution is -2.37. The van der Waals surface area contributed by atoms with Crippen molar-refractivity contribution in [3.8, 4) is 6.07 Å². The number of rotatable bonds is 7. The smallest absolute Gasteiger partial charge is 0.349 e. The van der Waals surface area contributed by atoms with Gasteiger partial charge in [0.05, 0.1) is 0 Å². The van der Waals surface area contributed by atoms with Gasteiger partial charge in [-0.3, -0.25) is 4.79 Å². The third kappa shape index (κ3) is 6.32. The Hall–Kier alpha value is -3.39. The van der Waals surface area contributed by atoms with Crippen molar-refractivity contribution in [2.45, 2.75) is 39.3 Å². The van der Waals surface area contributed by atoms with Gasteiger partial charge in [0.15, 0.2) is 6.10 Å². The van der Waals surface area contributed by atoms with Crippen molar-refractivity contribution in [2.75, 3.05) is 7.05 Å². The number of likely N-dealkylation sites (N-methyl/N-ethyl adjacent to an activating group) is 1. The van der Waals surface area contributed by atoms with E-state index in [1.807, 2.05) is 60.7 Å². The van der Waals surface area contributed by atoms with Crippen LogP contribution in [0.15, 0.2) is 60.2 Å². The maximum Gasteiger partial charge on any atom is 0.349 e. The molecule has 0 spiro atoms. The highest BCUT2D eigenvalue weighted by Gasteiger charge is 2.23. The van der Waals surface area contributed by atoms with Crippen LogP contribution in [0.5, 0.6) is 0 Å². The number of nitrogens with zero attached hydrogens (tertiary/aromatic N) is 2. The van der Waals surface area contributed by atoms with Gasteiger partial charge < -0.3 is 9.64 Å². The lowest BCUT2D eigenvalue weighted by atomic mass is 10.0. The fourth-order valence-corrected chi connectivity index (χ4v) is 2.80. The number of carbonyl (C=O) groups is 2. The molecule has 0 aliphatic heterocycles. The predicted octanol–water partition coefficient (Wildman–Crippen LogP) is 4.31. The molecular formula is C24H26N2O3. The van der Waals surface area contributed by atoms with Crippen LogP contribution >= 0.6 is 0 Å². The molecule has 0 unspecified atom stereocenters. The molecule has 2 rings (SSSR count). The average Bonchev–Trinajstić information content (AvgIpc) is 2.72. The van der Waals surface area contributed by atoms with E-state index in [1.54, 1.807) is 7.05 Å². The number of amides is 1. The fourth-order valence-electron chi connectivity index (χ4n) is 2.80. The molecule has 0 aliphatic carbocycles. The highest BCUT2D eigenvalue weighted by Crippen LogP contribution is 2.17. The molecule has 0 N–H and O–H groups in total. The standard InChI is InChI=1S/C24H26N2O3/c1-17(2)21-12-10-19(11-13-21)14-22(15-25)24(28)29-18(3)23(27)26(4)16-20-8-6-5-7-9-20/h5-14,17-18H,16H2,1-4H3/b22-14+/t18-/m1/s1. The Balaban J connectivity index is 2.02. The molecular weight excluding hydrogens is 364 g/mol. The normalized spacial score (nSPS) is 12.2. The summed E-state index contributed by atoms with van der Waals surface area (Å²) >= 11 is 0. The first-order chi connectivity index (χ1) is 13.8. The van der Waals surface area contributed by atoms with E-state index >= 15 is 0 Å². The third-order valence-corrected chi connectivity index (χ3v) is 4.52. The summed E-state index contributed by atoms with van der Waals surface area (Å²) in [6.07, 6.45) is 0.480. The number of nitriles is 1. The van der Waals surface area contributed by atoms with Crippen molar-refractivity contribution in [1.29, 1.82) is 5.26 Å². The minimum absolute atomic E-state index is 0.146. The van der Waals surface area contributed by atoms with E-state index in [4.69, 9.17) is 4.74 Å². The van der Waals surface area contributed by atoms with Gasteiger partial charge in [-0.2, -0.15) is 5.26 Å². The van der Waals surface area contributed by atoms with Gasteiger partial charge in [0.2, 0.25) is 0 Å². The van der Waals surface area contributed by atoms with Gasteiger partial charge in [0.1, 0.15) is 11.6 Å². The Bertz CT molecular complexity index is 909. The zero-order valence-corrected chi connectivity index (χ0v) is 17.3. The van der Waals surface area contributed by atoms with Crippen LogP contribution in [0.2, 0.25) is 0 Å². The number of hydrogen-bond acceptors (Lipinski definition) is 4. The van der Waals surface area contributed by atoms with Crippen molar-refractivity contribution < 1.29 is 14.3 Å². The van der Waals surface area contributed by atoms with Crippen molar-refractivity contribution in [1.82, 2.24) is 4.90 Å². The van der Waals surface area contributed by atoms with Crippen molar-refractivity contribution >= 4 is 18.0 Å². The molecule has 1 amide bonds. The van der Waals surface area contributed by atoms with E-state index in [9.17, 15) is 14.9 Å². The second-order valence-corrected chi connectivity index (χ2v) is 7.22. The first-order valence-electron chi connectivity index (χ1n) is 9.53. The zero-order chi connectivity index (χ0) is 21.4. The van der Waals surface area contributed by atoms with E-state index in [0.717, 1.165) is 11.1 Å². The monoisotopic (exact) mass is 390 g/mol. The SMILES string of the molecule is CC(C)c1ccc(/C=C(\C#N)C(=O)O[C@H](C)C(=O)N(C)Cc2ccccc2)cc1. The van der Waals surface area contributed by atoms with Gasteiger partial charge >= 0.3 is 5.97 Å². The summed E-state index contributed by atoms with van der Waals surface area (Å²) in [5, 5.41) is 9.34. The summed E-state index contributed by atoms with van der Waals surface area (Å²) in [6.45, 7) is 6.10. The summed E-state index contributed by atoms with van der Waals surface area (Å²) in [7, 11) is 1.65. The number of benzene rings is 2. The number of hydrogen-bond donors (Lipinski definition) is 0. The second kappa shape index (κ2) is 10.2. The molecule has 5 heteroatoms. The Morgan fingerprint density at radius 3 is 2.24 bits per heavy atom. The number of ether oxygens (including phenoxy) is 1. The molecule has 0 saturated carbocycles. The quantitative estimate of drug-likeness (QED) is 0.401. The molecule has 150 valence electrons. The van der Waals surface area contributed by atoms with Gasteiger partial charge in [0, 0.05) is 13.6 Å². The molecule has 2 aromatic rings. The molecule has 1 atom stereocenters. The van der Waals surface area contributed by atoms with E-state index in [0.29, 0.717) is 12.5 Å². The third-order valence-electron chi connectivity index (χ3n) is 4.52. The summed E-state index contributed by atoms with van der Waals surface area (Å²) in [5.74, 6) is -0.747. The van der Waals surface area contributed by atoms with Crippen LogP contribution in [-0.4, -0.2) is 29.9 Å². The van der Waals surface area contributed by atoms with Crippen LogP contribution in [0.25, 0.3) is 6.08 Å². The lowest BCUT2D eigenvalue weighted by Gasteiger charge is -2.21. The average molecular weight is 390 g/mol. The van der Waals surface area contributed by atoms with Crippen molar-refractivity contribution in [3.63, 3.8) is 0 Å². The highest BCUT2D eigenvalue weighted by molar-refractivity contribution is 5.99.